The molecule has 1 unspecified atom stereocenters. The number of anilines is 1. The summed E-state index contributed by atoms with van der Waals surface area (Å²) in [5.74, 6) is -1.24. The second-order valence-corrected chi connectivity index (χ2v) is 10.9. The highest BCUT2D eigenvalue weighted by atomic mass is 32.2. The van der Waals surface area contributed by atoms with Crippen molar-refractivity contribution in [2.45, 2.75) is 16.1 Å². The molecular formula is C29H24FN3O6S2. The zero-order valence-corrected chi connectivity index (χ0v) is 23.8. The lowest BCUT2D eigenvalue weighted by atomic mass is 9.95. The summed E-state index contributed by atoms with van der Waals surface area (Å²) in [6.07, 6.45) is 0. The van der Waals surface area contributed by atoms with Gasteiger partial charge in [-0.3, -0.25) is 14.5 Å². The van der Waals surface area contributed by atoms with Gasteiger partial charge in [-0.15, -0.1) is 10.2 Å². The molecule has 0 bridgehead atoms. The fourth-order valence-electron chi connectivity index (χ4n) is 4.47. The standard InChI is InChI=1S/C29H24FN3O6S2/c1-37-20-13-18(14-21(38-2)26(20)39-3)23-22(24(34)16-9-5-4-6-10-16)25(35)27(36)33(23)28-31-32-29(41-28)40-15-17-11-7-8-12-19(17)30/h4-14,23,34H,15H2,1-3H3/b24-22-. The van der Waals surface area contributed by atoms with Gasteiger partial charge in [0.15, 0.2) is 15.8 Å². The third kappa shape index (κ3) is 5.35. The quantitative estimate of drug-likeness (QED) is 0.0869. The number of rotatable bonds is 9. The lowest BCUT2D eigenvalue weighted by Gasteiger charge is -2.24. The van der Waals surface area contributed by atoms with Crippen LogP contribution in [0.2, 0.25) is 0 Å². The molecule has 1 amide bonds. The normalized spacial score (nSPS) is 16.2. The predicted octanol–water partition coefficient (Wildman–Crippen LogP) is 5.62. The number of thioether (sulfide) groups is 1. The van der Waals surface area contributed by atoms with E-state index in [1.54, 1.807) is 60.7 Å². The Morgan fingerprint density at radius 3 is 2.27 bits per heavy atom. The van der Waals surface area contributed by atoms with E-state index in [1.165, 1.54) is 44.1 Å². The highest BCUT2D eigenvalue weighted by Gasteiger charge is 2.49. The van der Waals surface area contributed by atoms with Crippen LogP contribution < -0.4 is 19.1 Å². The number of nitrogens with zero attached hydrogens (tertiary/aromatic N) is 3. The van der Waals surface area contributed by atoms with E-state index in [4.69, 9.17) is 14.2 Å². The first-order valence-corrected chi connectivity index (χ1v) is 14.0. The Morgan fingerprint density at radius 2 is 1.63 bits per heavy atom. The second kappa shape index (κ2) is 12.0. The smallest absolute Gasteiger partial charge is 0.301 e. The van der Waals surface area contributed by atoms with Crippen molar-refractivity contribution in [3.05, 3.63) is 94.8 Å². The Kier molecular flexibility index (Phi) is 8.22. The van der Waals surface area contributed by atoms with Crippen molar-refractivity contribution in [2.24, 2.45) is 0 Å². The van der Waals surface area contributed by atoms with Crippen molar-refractivity contribution < 1.29 is 33.3 Å². The number of hydrogen-bond acceptors (Lipinski definition) is 10. The summed E-state index contributed by atoms with van der Waals surface area (Å²) in [5.41, 5.74) is 1.13. The average molecular weight is 594 g/mol. The van der Waals surface area contributed by atoms with Crippen LogP contribution in [-0.2, 0) is 15.3 Å². The molecule has 2 heterocycles. The lowest BCUT2D eigenvalue weighted by molar-refractivity contribution is -0.132. The maximum atomic E-state index is 14.1. The summed E-state index contributed by atoms with van der Waals surface area (Å²) in [4.78, 5) is 28.2. The number of aromatic nitrogens is 2. The van der Waals surface area contributed by atoms with Crippen LogP contribution in [0, 0.1) is 5.82 Å². The van der Waals surface area contributed by atoms with Crippen molar-refractivity contribution >= 4 is 45.7 Å². The number of hydrogen-bond donors (Lipinski definition) is 1. The van der Waals surface area contributed by atoms with E-state index >= 15 is 0 Å². The van der Waals surface area contributed by atoms with Crippen LogP contribution in [-0.4, -0.2) is 48.3 Å². The van der Waals surface area contributed by atoms with Crippen LogP contribution in [0.25, 0.3) is 5.76 Å². The van der Waals surface area contributed by atoms with E-state index in [1.807, 2.05) is 0 Å². The Bertz CT molecular complexity index is 1620. The SMILES string of the molecule is COc1cc(C2/C(=C(/O)c3ccccc3)C(=O)C(=O)N2c2nnc(SCc3ccccc3F)s2)cc(OC)c1OC. The largest absolute Gasteiger partial charge is 0.507 e. The number of ether oxygens (including phenoxy) is 3. The van der Waals surface area contributed by atoms with Crippen molar-refractivity contribution in [1.82, 2.24) is 10.2 Å². The number of amides is 1. The van der Waals surface area contributed by atoms with Crippen molar-refractivity contribution in [3.8, 4) is 17.2 Å². The van der Waals surface area contributed by atoms with E-state index < -0.39 is 17.7 Å². The number of carbonyl (C=O) groups excluding carboxylic acids is 2. The first-order valence-electron chi connectivity index (χ1n) is 12.2. The second-order valence-electron chi connectivity index (χ2n) is 8.72. The zero-order chi connectivity index (χ0) is 29.1. The monoisotopic (exact) mass is 593 g/mol. The number of ketones is 1. The van der Waals surface area contributed by atoms with Gasteiger partial charge in [-0.05, 0) is 29.3 Å². The van der Waals surface area contributed by atoms with E-state index in [0.717, 1.165) is 11.3 Å². The molecule has 5 rings (SSSR count). The molecule has 1 fully saturated rings. The molecule has 41 heavy (non-hydrogen) atoms. The van der Waals surface area contributed by atoms with E-state index in [0.29, 0.717) is 44.0 Å². The molecule has 0 spiro atoms. The van der Waals surface area contributed by atoms with E-state index in [9.17, 15) is 19.1 Å². The molecular weight excluding hydrogens is 569 g/mol. The molecule has 1 aliphatic rings. The predicted molar refractivity (Wildman–Crippen MR) is 153 cm³/mol. The fourth-order valence-corrected chi connectivity index (χ4v) is 6.32. The highest BCUT2D eigenvalue weighted by molar-refractivity contribution is 8.00. The number of aliphatic hydroxyl groups is 1. The van der Waals surface area contributed by atoms with Crippen LogP contribution in [0.15, 0.2) is 76.6 Å². The van der Waals surface area contributed by atoms with E-state index in [-0.39, 0.29) is 22.3 Å². The third-order valence-corrected chi connectivity index (χ3v) is 8.51. The zero-order valence-electron chi connectivity index (χ0n) is 22.2. The summed E-state index contributed by atoms with van der Waals surface area (Å²) < 4.78 is 31.0. The third-order valence-electron chi connectivity index (χ3n) is 6.41. The summed E-state index contributed by atoms with van der Waals surface area (Å²) in [5, 5.41) is 19.8. The molecule has 0 radical (unpaired) electrons. The molecule has 4 aromatic rings. The number of benzene rings is 3. The maximum Gasteiger partial charge on any atom is 0.301 e. The number of carbonyl (C=O) groups is 2. The molecule has 0 aliphatic carbocycles. The minimum atomic E-state index is -1.10. The van der Waals surface area contributed by atoms with E-state index in [2.05, 4.69) is 10.2 Å². The van der Waals surface area contributed by atoms with Crippen LogP contribution in [0.1, 0.15) is 22.7 Å². The van der Waals surface area contributed by atoms with Gasteiger partial charge >= 0.3 is 5.91 Å². The highest BCUT2D eigenvalue weighted by Crippen LogP contribution is 2.48. The molecule has 1 saturated heterocycles. The number of methoxy groups -OCH3 is 3. The molecule has 0 saturated carbocycles. The van der Waals surface area contributed by atoms with Gasteiger partial charge in [0.2, 0.25) is 10.9 Å². The van der Waals surface area contributed by atoms with Gasteiger partial charge in [-0.2, -0.15) is 0 Å². The molecule has 9 nitrogen and oxygen atoms in total. The first kappa shape index (κ1) is 28.1. The molecule has 210 valence electrons. The average Bonchev–Trinajstić information content (AvgIpc) is 3.57. The Balaban J connectivity index is 1.62. The Hall–Kier alpha value is -4.42. The molecule has 1 atom stereocenters. The van der Waals surface area contributed by atoms with Crippen molar-refractivity contribution in [1.29, 1.82) is 0 Å². The summed E-state index contributed by atoms with van der Waals surface area (Å²) >= 11 is 2.33. The molecule has 3 aromatic carbocycles. The summed E-state index contributed by atoms with van der Waals surface area (Å²) in [6, 6.07) is 17.0. The van der Waals surface area contributed by atoms with Gasteiger partial charge < -0.3 is 19.3 Å². The Labute approximate surface area is 243 Å². The van der Waals surface area contributed by atoms with Gasteiger partial charge in [0.1, 0.15) is 11.6 Å². The first-order chi connectivity index (χ1) is 19.9. The molecule has 12 heteroatoms. The maximum absolute atomic E-state index is 14.1. The number of Topliss-reactive ketones (excluding diaryl/α,β-unsaturated/α-hetero) is 1. The fraction of sp³-hybridized carbons (Fsp3) is 0.172. The number of halogens is 1. The van der Waals surface area contributed by atoms with Crippen LogP contribution in [0.3, 0.4) is 0 Å². The van der Waals surface area contributed by atoms with Crippen LogP contribution in [0.4, 0.5) is 9.52 Å². The van der Waals surface area contributed by atoms with Crippen molar-refractivity contribution in [3.63, 3.8) is 0 Å². The topological polar surface area (TPSA) is 111 Å². The summed E-state index contributed by atoms with van der Waals surface area (Å²) in [6.45, 7) is 0. The van der Waals surface area contributed by atoms with Crippen molar-refractivity contribution in [2.75, 3.05) is 26.2 Å². The van der Waals surface area contributed by atoms with Gasteiger partial charge in [0.05, 0.1) is 32.9 Å². The van der Waals surface area contributed by atoms with Gasteiger partial charge in [0, 0.05) is 11.3 Å². The van der Waals surface area contributed by atoms with Gasteiger partial charge in [-0.25, -0.2) is 4.39 Å². The molecule has 1 N–H and O–H groups in total. The van der Waals surface area contributed by atoms with Crippen LogP contribution >= 0.6 is 23.1 Å². The summed E-state index contributed by atoms with van der Waals surface area (Å²) in [7, 11) is 4.36. The lowest BCUT2D eigenvalue weighted by Crippen LogP contribution is -2.29. The molecule has 1 aliphatic heterocycles. The minimum Gasteiger partial charge on any atom is -0.507 e. The Morgan fingerprint density at radius 1 is 0.976 bits per heavy atom. The van der Waals surface area contributed by atoms with Gasteiger partial charge in [-0.1, -0.05) is 71.6 Å². The molecule has 1 aromatic heterocycles. The van der Waals surface area contributed by atoms with Gasteiger partial charge in [0.25, 0.3) is 5.78 Å². The number of aliphatic hydroxyl groups excluding tert-OH is 1. The van der Waals surface area contributed by atoms with Crippen LogP contribution in [0.5, 0.6) is 17.2 Å². The minimum absolute atomic E-state index is 0.133.